The first-order valence-electron chi connectivity index (χ1n) is 7.51. The van der Waals surface area contributed by atoms with Crippen LogP contribution in [-0.2, 0) is 4.74 Å². The summed E-state index contributed by atoms with van der Waals surface area (Å²) in [6.45, 7) is 4.00. The molecule has 96 valence electrons. The third-order valence-electron chi connectivity index (χ3n) is 3.78. The van der Waals surface area contributed by atoms with Crippen molar-refractivity contribution in [3.63, 3.8) is 0 Å². The van der Waals surface area contributed by atoms with Crippen LogP contribution in [0.2, 0.25) is 0 Å². The van der Waals surface area contributed by atoms with Crippen molar-refractivity contribution in [3.8, 4) is 0 Å². The first kappa shape index (κ1) is 14.0. The molecule has 0 unspecified atom stereocenters. The Hall–Kier alpha value is -0.0400. The molecule has 1 saturated carbocycles. The molecular weight excluding hydrogens is 196 g/mol. The molecule has 0 N–H and O–H groups in total. The van der Waals surface area contributed by atoms with Crippen LogP contribution in [0.1, 0.15) is 77.6 Å². The Bertz CT molecular complexity index is 132. The minimum Gasteiger partial charge on any atom is -0.381 e. The second kappa shape index (κ2) is 10.1. The van der Waals surface area contributed by atoms with Crippen molar-refractivity contribution in [2.45, 2.75) is 77.6 Å². The molecule has 0 bridgehead atoms. The highest BCUT2D eigenvalue weighted by Gasteiger charge is 2.09. The molecular formula is C15H30O. The van der Waals surface area contributed by atoms with Gasteiger partial charge in [-0.2, -0.15) is 0 Å². The van der Waals surface area contributed by atoms with Gasteiger partial charge in [0.25, 0.3) is 0 Å². The van der Waals surface area contributed by atoms with Crippen LogP contribution < -0.4 is 0 Å². The van der Waals surface area contributed by atoms with Crippen molar-refractivity contribution in [1.82, 2.24) is 0 Å². The lowest BCUT2D eigenvalue weighted by Crippen LogP contribution is -2.10. The van der Waals surface area contributed by atoms with Gasteiger partial charge in [0, 0.05) is 13.2 Å². The van der Waals surface area contributed by atoms with Gasteiger partial charge in [-0.1, -0.05) is 57.8 Å². The molecule has 0 aromatic heterocycles. The molecule has 0 spiro atoms. The molecule has 1 heteroatoms. The average molecular weight is 226 g/mol. The van der Waals surface area contributed by atoms with E-state index in [1.165, 1.54) is 70.6 Å². The Balaban J connectivity index is 2.19. The van der Waals surface area contributed by atoms with Crippen LogP contribution in [-0.4, -0.2) is 13.2 Å². The monoisotopic (exact) mass is 226 g/mol. The van der Waals surface area contributed by atoms with Crippen LogP contribution in [0.25, 0.3) is 0 Å². The van der Waals surface area contributed by atoms with Gasteiger partial charge in [-0.3, -0.25) is 0 Å². The second-order valence-electron chi connectivity index (χ2n) is 5.28. The zero-order valence-corrected chi connectivity index (χ0v) is 11.2. The SMILES string of the molecule is CCOCC1CCCCCCCCCCC1. The van der Waals surface area contributed by atoms with Crippen LogP contribution in [0, 0.1) is 5.92 Å². The van der Waals surface area contributed by atoms with Crippen molar-refractivity contribution in [3.05, 3.63) is 0 Å². The van der Waals surface area contributed by atoms with E-state index in [9.17, 15) is 0 Å². The normalized spacial score (nSPS) is 22.3. The summed E-state index contributed by atoms with van der Waals surface area (Å²) in [5.74, 6) is 0.847. The first-order chi connectivity index (χ1) is 7.93. The lowest BCUT2D eigenvalue weighted by Gasteiger charge is -2.17. The fourth-order valence-corrected chi connectivity index (χ4v) is 2.70. The smallest absolute Gasteiger partial charge is 0.0494 e. The molecule has 1 nitrogen and oxygen atoms in total. The van der Waals surface area contributed by atoms with E-state index in [2.05, 4.69) is 6.92 Å². The molecule has 0 aliphatic heterocycles. The number of hydrogen-bond donors (Lipinski definition) is 0. The van der Waals surface area contributed by atoms with E-state index in [1.807, 2.05) is 0 Å². The molecule has 0 radical (unpaired) electrons. The molecule has 1 rings (SSSR count). The summed E-state index contributed by atoms with van der Waals surface area (Å²) in [6.07, 6.45) is 15.9. The number of hydrogen-bond acceptors (Lipinski definition) is 1. The van der Waals surface area contributed by atoms with Gasteiger partial charge in [0.1, 0.15) is 0 Å². The van der Waals surface area contributed by atoms with Crippen LogP contribution >= 0.6 is 0 Å². The molecule has 1 aliphatic carbocycles. The van der Waals surface area contributed by atoms with E-state index < -0.39 is 0 Å². The predicted molar refractivity (Wildman–Crippen MR) is 70.8 cm³/mol. The van der Waals surface area contributed by atoms with Crippen molar-refractivity contribution >= 4 is 0 Å². The van der Waals surface area contributed by atoms with Crippen LogP contribution in [0.15, 0.2) is 0 Å². The molecule has 0 heterocycles. The molecule has 1 aliphatic rings. The molecule has 0 aromatic carbocycles. The second-order valence-corrected chi connectivity index (χ2v) is 5.28. The molecule has 0 atom stereocenters. The largest absolute Gasteiger partial charge is 0.381 e. The first-order valence-corrected chi connectivity index (χ1v) is 7.51. The van der Waals surface area contributed by atoms with Gasteiger partial charge in [-0.25, -0.2) is 0 Å². The van der Waals surface area contributed by atoms with Crippen LogP contribution in [0.3, 0.4) is 0 Å². The van der Waals surface area contributed by atoms with Crippen LogP contribution in [0.5, 0.6) is 0 Å². The van der Waals surface area contributed by atoms with Crippen molar-refractivity contribution < 1.29 is 4.74 Å². The Labute approximate surface area is 102 Å². The fraction of sp³-hybridized carbons (Fsp3) is 1.00. The fourth-order valence-electron chi connectivity index (χ4n) is 2.70. The minimum absolute atomic E-state index is 0.847. The van der Waals surface area contributed by atoms with E-state index in [-0.39, 0.29) is 0 Å². The van der Waals surface area contributed by atoms with Crippen LogP contribution in [0.4, 0.5) is 0 Å². The summed E-state index contributed by atoms with van der Waals surface area (Å²) >= 11 is 0. The van der Waals surface area contributed by atoms with Crippen molar-refractivity contribution in [1.29, 1.82) is 0 Å². The highest BCUT2D eigenvalue weighted by atomic mass is 16.5. The van der Waals surface area contributed by atoms with E-state index in [0.717, 1.165) is 19.1 Å². The van der Waals surface area contributed by atoms with Gasteiger partial charge in [0.05, 0.1) is 0 Å². The summed E-state index contributed by atoms with van der Waals surface area (Å²) in [5, 5.41) is 0. The maximum Gasteiger partial charge on any atom is 0.0494 e. The minimum atomic E-state index is 0.847. The van der Waals surface area contributed by atoms with E-state index in [0.29, 0.717) is 0 Å². The predicted octanol–water partition coefficient (Wildman–Crippen LogP) is 4.94. The summed E-state index contributed by atoms with van der Waals surface area (Å²) in [7, 11) is 0. The summed E-state index contributed by atoms with van der Waals surface area (Å²) < 4.78 is 5.60. The topological polar surface area (TPSA) is 9.23 Å². The van der Waals surface area contributed by atoms with E-state index in [1.54, 1.807) is 0 Å². The van der Waals surface area contributed by atoms with Gasteiger partial charge in [0.2, 0.25) is 0 Å². The Morgan fingerprint density at radius 1 is 0.750 bits per heavy atom. The van der Waals surface area contributed by atoms with Crippen molar-refractivity contribution in [2.75, 3.05) is 13.2 Å². The Morgan fingerprint density at radius 3 is 1.62 bits per heavy atom. The Kier molecular flexibility index (Phi) is 8.88. The molecule has 0 aromatic rings. The molecule has 0 amide bonds. The lowest BCUT2D eigenvalue weighted by atomic mass is 9.93. The van der Waals surface area contributed by atoms with Gasteiger partial charge in [-0.15, -0.1) is 0 Å². The van der Waals surface area contributed by atoms with E-state index >= 15 is 0 Å². The molecule has 16 heavy (non-hydrogen) atoms. The Morgan fingerprint density at radius 2 is 1.19 bits per heavy atom. The summed E-state index contributed by atoms with van der Waals surface area (Å²) in [5.41, 5.74) is 0. The highest BCUT2D eigenvalue weighted by Crippen LogP contribution is 2.21. The maximum atomic E-state index is 5.60. The van der Waals surface area contributed by atoms with Gasteiger partial charge < -0.3 is 4.74 Å². The number of ether oxygens (including phenoxy) is 1. The average Bonchev–Trinajstić information content (AvgIpc) is 2.28. The third-order valence-corrected chi connectivity index (χ3v) is 3.78. The molecule has 0 saturated heterocycles. The summed E-state index contributed by atoms with van der Waals surface area (Å²) in [4.78, 5) is 0. The quantitative estimate of drug-likeness (QED) is 0.662. The van der Waals surface area contributed by atoms with Gasteiger partial charge >= 0.3 is 0 Å². The van der Waals surface area contributed by atoms with E-state index in [4.69, 9.17) is 4.74 Å². The molecule has 1 fully saturated rings. The van der Waals surface area contributed by atoms with Gasteiger partial charge in [0.15, 0.2) is 0 Å². The third kappa shape index (κ3) is 7.27. The zero-order chi connectivity index (χ0) is 11.5. The standard InChI is InChI=1S/C15H30O/c1-2-16-14-15-12-10-8-6-4-3-5-7-9-11-13-15/h15H,2-14H2,1H3. The highest BCUT2D eigenvalue weighted by molar-refractivity contribution is 4.61. The van der Waals surface area contributed by atoms with Crippen molar-refractivity contribution in [2.24, 2.45) is 5.92 Å². The summed E-state index contributed by atoms with van der Waals surface area (Å²) in [6, 6.07) is 0. The zero-order valence-electron chi connectivity index (χ0n) is 11.2. The maximum absolute atomic E-state index is 5.60. The number of rotatable bonds is 3. The lowest BCUT2D eigenvalue weighted by molar-refractivity contribution is 0.101. The van der Waals surface area contributed by atoms with Gasteiger partial charge in [-0.05, 0) is 25.7 Å².